The number of carbonyl (C=O) groups excluding carboxylic acids is 1. The lowest BCUT2D eigenvalue weighted by Gasteiger charge is -2.36. The Balaban J connectivity index is 1.59. The summed E-state index contributed by atoms with van der Waals surface area (Å²) in [5.41, 5.74) is 1.90. The third-order valence-corrected chi connectivity index (χ3v) is 5.54. The average Bonchev–Trinajstić information content (AvgIpc) is 2.77. The van der Waals surface area contributed by atoms with E-state index < -0.39 is 0 Å². The lowest BCUT2D eigenvalue weighted by molar-refractivity contribution is -0.129. The van der Waals surface area contributed by atoms with E-state index in [4.69, 9.17) is 25.8 Å². The van der Waals surface area contributed by atoms with Gasteiger partial charge < -0.3 is 19.5 Å². The van der Waals surface area contributed by atoms with E-state index in [1.54, 1.807) is 14.2 Å². The molecule has 7 heteroatoms. The molecule has 2 aromatic carbocycles. The molecular weight excluding hydrogens is 392 g/mol. The summed E-state index contributed by atoms with van der Waals surface area (Å²) in [7, 11) is 3.19. The monoisotopic (exact) mass is 418 g/mol. The van der Waals surface area contributed by atoms with E-state index >= 15 is 0 Å². The number of carbonyl (C=O) groups is 1. The summed E-state index contributed by atoms with van der Waals surface area (Å²) in [5.74, 6) is 1.28. The highest BCUT2D eigenvalue weighted by molar-refractivity contribution is 6.31. The van der Waals surface area contributed by atoms with Gasteiger partial charge in [0.1, 0.15) is 0 Å². The molecule has 2 unspecified atom stereocenters. The fourth-order valence-electron chi connectivity index (χ4n) is 3.44. The summed E-state index contributed by atoms with van der Waals surface area (Å²) >= 11 is 6.31. The molecule has 3 rings (SSSR count). The number of amides is 1. The summed E-state index contributed by atoms with van der Waals surface area (Å²) in [5, 5.41) is 3.69. The van der Waals surface area contributed by atoms with Crippen molar-refractivity contribution in [2.45, 2.75) is 25.6 Å². The Hall–Kier alpha value is -2.28. The van der Waals surface area contributed by atoms with Gasteiger partial charge in [0.05, 0.1) is 33.0 Å². The first-order valence-electron chi connectivity index (χ1n) is 9.62. The molecule has 1 aliphatic rings. The van der Waals surface area contributed by atoms with E-state index in [2.05, 4.69) is 10.2 Å². The second-order valence-electron chi connectivity index (χ2n) is 6.96. The zero-order valence-electron chi connectivity index (χ0n) is 17.0. The maximum atomic E-state index is 12.7. The van der Waals surface area contributed by atoms with Gasteiger partial charge >= 0.3 is 0 Å². The van der Waals surface area contributed by atoms with Crippen LogP contribution in [0.4, 0.5) is 0 Å². The SMILES string of the molecule is COc1ccc(CNC(=O)C(C)N2CCOC(c3ccccc3Cl)C2)cc1OC. The molecule has 1 fully saturated rings. The van der Waals surface area contributed by atoms with Gasteiger partial charge in [0, 0.05) is 30.2 Å². The quantitative estimate of drug-likeness (QED) is 0.746. The molecular formula is C22H27ClN2O4. The number of methoxy groups -OCH3 is 2. The Kier molecular flexibility index (Phi) is 7.36. The second-order valence-corrected chi connectivity index (χ2v) is 7.37. The van der Waals surface area contributed by atoms with Crippen LogP contribution in [0.1, 0.15) is 24.2 Å². The number of morpholine rings is 1. The minimum absolute atomic E-state index is 0.0282. The zero-order chi connectivity index (χ0) is 20.8. The molecule has 1 saturated heterocycles. The van der Waals surface area contributed by atoms with Gasteiger partial charge in [-0.15, -0.1) is 0 Å². The van der Waals surface area contributed by atoms with E-state index in [1.807, 2.05) is 49.4 Å². The molecule has 1 N–H and O–H groups in total. The van der Waals surface area contributed by atoms with Gasteiger partial charge in [0.2, 0.25) is 5.91 Å². The third kappa shape index (κ3) is 5.21. The fourth-order valence-corrected chi connectivity index (χ4v) is 3.70. The molecule has 29 heavy (non-hydrogen) atoms. The van der Waals surface area contributed by atoms with Crippen LogP contribution in [0.2, 0.25) is 5.02 Å². The van der Waals surface area contributed by atoms with Crippen molar-refractivity contribution >= 4 is 17.5 Å². The van der Waals surface area contributed by atoms with Crippen LogP contribution in [0.15, 0.2) is 42.5 Å². The van der Waals surface area contributed by atoms with Crippen molar-refractivity contribution in [2.75, 3.05) is 33.9 Å². The zero-order valence-corrected chi connectivity index (χ0v) is 17.7. The van der Waals surface area contributed by atoms with E-state index in [1.165, 1.54) is 0 Å². The topological polar surface area (TPSA) is 60.0 Å². The minimum atomic E-state index is -0.274. The number of benzene rings is 2. The molecule has 1 amide bonds. The van der Waals surface area contributed by atoms with Gasteiger partial charge in [-0.3, -0.25) is 9.69 Å². The van der Waals surface area contributed by atoms with E-state index in [-0.39, 0.29) is 18.1 Å². The van der Waals surface area contributed by atoms with Gasteiger partial charge in [0.15, 0.2) is 11.5 Å². The van der Waals surface area contributed by atoms with Gasteiger partial charge in [-0.2, -0.15) is 0 Å². The van der Waals surface area contributed by atoms with Gasteiger partial charge in [-0.1, -0.05) is 35.9 Å². The summed E-state index contributed by atoms with van der Waals surface area (Å²) in [6.45, 7) is 4.21. The first-order chi connectivity index (χ1) is 14.0. The Morgan fingerprint density at radius 3 is 2.72 bits per heavy atom. The molecule has 0 radical (unpaired) electrons. The van der Waals surface area contributed by atoms with Crippen molar-refractivity contribution < 1.29 is 19.0 Å². The highest BCUT2D eigenvalue weighted by atomic mass is 35.5. The van der Waals surface area contributed by atoms with Crippen molar-refractivity contribution in [3.05, 3.63) is 58.6 Å². The first kappa shape index (κ1) is 21.4. The minimum Gasteiger partial charge on any atom is -0.493 e. The molecule has 1 heterocycles. The Bertz CT molecular complexity index is 845. The second kappa shape index (κ2) is 9.96. The number of hydrogen-bond donors (Lipinski definition) is 1. The summed E-state index contributed by atoms with van der Waals surface area (Å²) in [4.78, 5) is 14.9. The number of ether oxygens (including phenoxy) is 3. The van der Waals surface area contributed by atoms with Gasteiger partial charge in [-0.25, -0.2) is 0 Å². The summed E-state index contributed by atoms with van der Waals surface area (Å²) < 4.78 is 16.5. The van der Waals surface area contributed by atoms with E-state index in [9.17, 15) is 4.79 Å². The molecule has 0 aromatic heterocycles. The fraction of sp³-hybridized carbons (Fsp3) is 0.409. The molecule has 6 nitrogen and oxygen atoms in total. The van der Waals surface area contributed by atoms with Crippen LogP contribution in [0.5, 0.6) is 11.5 Å². The summed E-state index contributed by atoms with van der Waals surface area (Å²) in [6.07, 6.45) is -0.140. The van der Waals surface area contributed by atoms with Crippen molar-refractivity contribution in [3.63, 3.8) is 0 Å². The molecule has 2 aromatic rings. The molecule has 1 aliphatic heterocycles. The van der Waals surface area contributed by atoms with Crippen molar-refractivity contribution in [2.24, 2.45) is 0 Å². The number of nitrogens with one attached hydrogen (secondary N) is 1. The highest BCUT2D eigenvalue weighted by Gasteiger charge is 2.29. The van der Waals surface area contributed by atoms with E-state index in [0.29, 0.717) is 42.8 Å². The molecule has 156 valence electrons. The predicted octanol–water partition coefficient (Wildman–Crippen LogP) is 3.44. The van der Waals surface area contributed by atoms with Gasteiger partial charge in [-0.05, 0) is 30.7 Å². The Morgan fingerprint density at radius 1 is 1.24 bits per heavy atom. The standard InChI is InChI=1S/C22H27ClN2O4/c1-15(22(26)24-13-16-8-9-19(27-2)20(12-16)28-3)25-10-11-29-21(14-25)17-6-4-5-7-18(17)23/h4-9,12,15,21H,10-11,13-14H2,1-3H3,(H,24,26). The molecule has 0 aliphatic carbocycles. The maximum absolute atomic E-state index is 12.7. The first-order valence-corrected chi connectivity index (χ1v) is 10.00. The highest BCUT2D eigenvalue weighted by Crippen LogP contribution is 2.29. The summed E-state index contributed by atoms with van der Waals surface area (Å²) in [6, 6.07) is 13.0. The molecule has 2 atom stereocenters. The largest absolute Gasteiger partial charge is 0.493 e. The number of hydrogen-bond acceptors (Lipinski definition) is 5. The van der Waals surface area contributed by atoms with Crippen molar-refractivity contribution in [1.82, 2.24) is 10.2 Å². The molecule has 0 spiro atoms. The molecule has 0 saturated carbocycles. The van der Waals surface area contributed by atoms with Gasteiger partial charge in [0.25, 0.3) is 0 Å². The van der Waals surface area contributed by atoms with Crippen LogP contribution < -0.4 is 14.8 Å². The van der Waals surface area contributed by atoms with Crippen LogP contribution in [0.3, 0.4) is 0 Å². The smallest absolute Gasteiger partial charge is 0.237 e. The third-order valence-electron chi connectivity index (χ3n) is 5.19. The van der Waals surface area contributed by atoms with Crippen LogP contribution in [0.25, 0.3) is 0 Å². The lowest BCUT2D eigenvalue weighted by atomic mass is 10.1. The number of halogens is 1. The molecule has 0 bridgehead atoms. The van der Waals surface area contributed by atoms with E-state index in [0.717, 1.165) is 11.1 Å². The van der Waals surface area contributed by atoms with Crippen molar-refractivity contribution in [1.29, 1.82) is 0 Å². The van der Waals surface area contributed by atoms with Crippen LogP contribution in [-0.4, -0.2) is 50.8 Å². The number of nitrogens with zero attached hydrogens (tertiary/aromatic N) is 1. The van der Waals surface area contributed by atoms with Crippen LogP contribution in [0, 0.1) is 0 Å². The predicted molar refractivity (Wildman–Crippen MR) is 113 cm³/mol. The number of rotatable bonds is 7. The Morgan fingerprint density at radius 2 is 2.00 bits per heavy atom. The lowest BCUT2D eigenvalue weighted by Crippen LogP contribution is -2.50. The van der Waals surface area contributed by atoms with Crippen LogP contribution >= 0.6 is 11.6 Å². The van der Waals surface area contributed by atoms with Crippen molar-refractivity contribution in [3.8, 4) is 11.5 Å². The maximum Gasteiger partial charge on any atom is 0.237 e. The normalized spacial score (nSPS) is 18.1. The Labute approximate surface area is 176 Å². The average molecular weight is 419 g/mol. The van der Waals surface area contributed by atoms with Crippen LogP contribution in [-0.2, 0) is 16.1 Å².